The zero-order valence-corrected chi connectivity index (χ0v) is 15.7. The van der Waals surface area contributed by atoms with E-state index in [1.807, 2.05) is 55.5 Å². The number of para-hydroxylation sites is 1. The lowest BCUT2D eigenvalue weighted by Crippen LogP contribution is -2.14. The maximum atomic E-state index is 12.6. The van der Waals surface area contributed by atoms with Crippen LogP contribution in [0.2, 0.25) is 5.02 Å². The van der Waals surface area contributed by atoms with Crippen molar-refractivity contribution in [2.75, 3.05) is 11.9 Å². The summed E-state index contributed by atoms with van der Waals surface area (Å²) in [6, 6.07) is 20.0. The van der Waals surface area contributed by atoms with Gasteiger partial charge in [-0.3, -0.25) is 4.79 Å². The van der Waals surface area contributed by atoms with E-state index in [-0.39, 0.29) is 11.3 Å². The first kappa shape index (κ1) is 18.8. The third kappa shape index (κ3) is 4.80. The maximum absolute atomic E-state index is 12.6. The van der Waals surface area contributed by atoms with Crippen molar-refractivity contribution in [3.05, 3.63) is 88.4 Å². The highest BCUT2D eigenvalue weighted by molar-refractivity contribution is 6.31. The number of amides is 1. The van der Waals surface area contributed by atoms with Crippen molar-refractivity contribution in [2.45, 2.75) is 13.3 Å². The molecule has 0 aliphatic rings. The molecule has 0 fully saturated rings. The van der Waals surface area contributed by atoms with Crippen molar-refractivity contribution in [1.82, 2.24) is 0 Å². The number of ether oxygens (including phenoxy) is 1. The van der Waals surface area contributed by atoms with Crippen LogP contribution in [0.3, 0.4) is 0 Å². The smallest absolute Gasteiger partial charge is 0.259 e. The van der Waals surface area contributed by atoms with Gasteiger partial charge in [-0.05, 0) is 42.3 Å². The molecular weight excluding hydrogens is 362 g/mol. The second-order valence-corrected chi connectivity index (χ2v) is 6.58. The zero-order valence-electron chi connectivity index (χ0n) is 14.9. The van der Waals surface area contributed by atoms with E-state index in [0.29, 0.717) is 23.1 Å². The second kappa shape index (κ2) is 8.60. The molecule has 3 rings (SSSR count). The fourth-order valence-electron chi connectivity index (χ4n) is 2.72. The number of carbonyl (C=O) groups excluding carboxylic acids is 1. The molecule has 0 atom stereocenters. The molecule has 0 radical (unpaired) electrons. The van der Waals surface area contributed by atoms with E-state index in [4.69, 9.17) is 16.3 Å². The van der Waals surface area contributed by atoms with Crippen molar-refractivity contribution >= 4 is 23.2 Å². The highest BCUT2D eigenvalue weighted by atomic mass is 35.5. The molecule has 1 amide bonds. The molecule has 2 N–H and O–H groups in total. The Morgan fingerprint density at radius 3 is 2.63 bits per heavy atom. The number of rotatable bonds is 6. The van der Waals surface area contributed by atoms with Gasteiger partial charge < -0.3 is 15.2 Å². The van der Waals surface area contributed by atoms with Crippen molar-refractivity contribution < 1.29 is 14.6 Å². The molecule has 0 aromatic heterocycles. The van der Waals surface area contributed by atoms with Crippen LogP contribution in [-0.2, 0) is 6.42 Å². The lowest BCUT2D eigenvalue weighted by atomic mass is 10.1. The maximum Gasteiger partial charge on any atom is 0.259 e. The molecule has 0 heterocycles. The van der Waals surface area contributed by atoms with Crippen LogP contribution in [0.15, 0.2) is 66.7 Å². The molecule has 0 aliphatic carbocycles. The Bertz CT molecular complexity index is 942. The van der Waals surface area contributed by atoms with Gasteiger partial charge in [0.2, 0.25) is 0 Å². The van der Waals surface area contributed by atoms with E-state index in [9.17, 15) is 9.90 Å². The van der Waals surface area contributed by atoms with E-state index < -0.39 is 5.91 Å². The number of benzene rings is 3. The largest absolute Gasteiger partial charge is 0.507 e. The van der Waals surface area contributed by atoms with Crippen molar-refractivity contribution in [1.29, 1.82) is 0 Å². The van der Waals surface area contributed by atoms with Gasteiger partial charge in [0, 0.05) is 11.4 Å². The number of aromatic hydroxyl groups is 1. The van der Waals surface area contributed by atoms with Crippen LogP contribution < -0.4 is 10.1 Å². The average Bonchev–Trinajstić information content (AvgIpc) is 2.67. The first-order chi connectivity index (χ1) is 13.0. The molecule has 0 saturated carbocycles. The summed E-state index contributed by atoms with van der Waals surface area (Å²) in [5.74, 6) is 0.00929. The number of halogens is 1. The zero-order chi connectivity index (χ0) is 19.2. The number of aryl methyl sites for hydroxylation is 1. The number of phenolic OH excluding ortho intramolecular Hbond substituents is 1. The third-order valence-corrected chi connectivity index (χ3v) is 4.40. The van der Waals surface area contributed by atoms with Gasteiger partial charge in [-0.1, -0.05) is 54.1 Å². The van der Waals surface area contributed by atoms with Gasteiger partial charge in [0.25, 0.3) is 5.91 Å². The molecule has 4 nitrogen and oxygen atoms in total. The standard InChI is InChI=1S/C22H20ClNO3/c1-15-6-5-9-20(27-13-12-16-7-3-2-4-8-16)21(15)24-22(26)18-14-17(23)10-11-19(18)25/h2-11,14,25H,12-13H2,1H3,(H,24,26). The van der Waals surface area contributed by atoms with Gasteiger partial charge in [0.15, 0.2) is 0 Å². The van der Waals surface area contributed by atoms with Crippen molar-refractivity contribution in [2.24, 2.45) is 0 Å². The molecule has 5 heteroatoms. The lowest BCUT2D eigenvalue weighted by molar-refractivity contribution is 0.102. The highest BCUT2D eigenvalue weighted by Gasteiger charge is 2.16. The van der Waals surface area contributed by atoms with E-state index in [1.54, 1.807) is 0 Å². The Morgan fingerprint density at radius 2 is 1.85 bits per heavy atom. The Hall–Kier alpha value is -2.98. The quantitative estimate of drug-likeness (QED) is 0.614. The molecule has 0 saturated heterocycles. The van der Waals surface area contributed by atoms with Gasteiger partial charge in [-0.25, -0.2) is 0 Å². The first-order valence-corrected chi connectivity index (χ1v) is 8.98. The SMILES string of the molecule is Cc1cccc(OCCc2ccccc2)c1NC(=O)c1cc(Cl)ccc1O. The summed E-state index contributed by atoms with van der Waals surface area (Å²) in [7, 11) is 0. The Kier molecular flexibility index (Phi) is 5.99. The summed E-state index contributed by atoms with van der Waals surface area (Å²) < 4.78 is 5.91. The number of phenols is 1. The molecule has 0 bridgehead atoms. The number of carbonyl (C=O) groups is 1. The van der Waals surface area contributed by atoms with Crippen molar-refractivity contribution in [3.63, 3.8) is 0 Å². The summed E-state index contributed by atoms with van der Waals surface area (Å²) >= 11 is 5.94. The van der Waals surface area contributed by atoms with Crippen LogP contribution in [0.4, 0.5) is 5.69 Å². The van der Waals surface area contributed by atoms with Crippen LogP contribution in [0.25, 0.3) is 0 Å². The molecular formula is C22H20ClNO3. The van der Waals surface area contributed by atoms with Crippen LogP contribution >= 0.6 is 11.6 Å². The predicted molar refractivity (Wildman–Crippen MR) is 108 cm³/mol. The third-order valence-electron chi connectivity index (χ3n) is 4.17. The van der Waals surface area contributed by atoms with E-state index in [2.05, 4.69) is 5.32 Å². The van der Waals surface area contributed by atoms with Gasteiger partial charge in [-0.2, -0.15) is 0 Å². The minimum atomic E-state index is -0.447. The monoisotopic (exact) mass is 381 g/mol. The minimum absolute atomic E-state index is 0.112. The summed E-state index contributed by atoms with van der Waals surface area (Å²) in [5.41, 5.74) is 2.73. The molecule has 27 heavy (non-hydrogen) atoms. The molecule has 3 aromatic rings. The Balaban J connectivity index is 1.75. The number of nitrogens with one attached hydrogen (secondary N) is 1. The van der Waals surface area contributed by atoms with Crippen LogP contribution in [0.5, 0.6) is 11.5 Å². The first-order valence-electron chi connectivity index (χ1n) is 8.61. The van der Waals surface area contributed by atoms with Gasteiger partial charge in [0.1, 0.15) is 11.5 Å². The predicted octanol–water partition coefficient (Wildman–Crippen LogP) is 5.23. The summed E-state index contributed by atoms with van der Waals surface area (Å²) in [4.78, 5) is 12.6. The van der Waals surface area contributed by atoms with Gasteiger partial charge in [-0.15, -0.1) is 0 Å². The van der Waals surface area contributed by atoms with E-state index >= 15 is 0 Å². The minimum Gasteiger partial charge on any atom is -0.507 e. The van der Waals surface area contributed by atoms with Crippen LogP contribution in [-0.4, -0.2) is 17.6 Å². The lowest BCUT2D eigenvalue weighted by Gasteiger charge is -2.15. The van der Waals surface area contributed by atoms with Crippen LogP contribution in [0.1, 0.15) is 21.5 Å². The molecule has 3 aromatic carbocycles. The summed E-state index contributed by atoms with van der Waals surface area (Å²) in [5, 5.41) is 13.1. The Morgan fingerprint density at radius 1 is 1.07 bits per heavy atom. The van der Waals surface area contributed by atoms with Crippen LogP contribution in [0, 0.1) is 6.92 Å². The number of hydrogen-bond acceptors (Lipinski definition) is 3. The van der Waals surface area contributed by atoms with Gasteiger partial charge in [0.05, 0.1) is 17.9 Å². The number of anilines is 1. The van der Waals surface area contributed by atoms with Gasteiger partial charge >= 0.3 is 0 Å². The topological polar surface area (TPSA) is 58.6 Å². The second-order valence-electron chi connectivity index (χ2n) is 6.15. The van der Waals surface area contributed by atoms with E-state index in [1.165, 1.54) is 23.8 Å². The van der Waals surface area contributed by atoms with E-state index in [0.717, 1.165) is 12.0 Å². The molecule has 0 spiro atoms. The fraction of sp³-hybridized carbons (Fsp3) is 0.136. The average molecular weight is 382 g/mol. The summed E-state index contributed by atoms with van der Waals surface area (Å²) in [6.07, 6.45) is 0.761. The fourth-order valence-corrected chi connectivity index (χ4v) is 2.89. The molecule has 0 unspecified atom stereocenters. The van der Waals surface area contributed by atoms with Crippen molar-refractivity contribution in [3.8, 4) is 11.5 Å². The molecule has 0 aliphatic heterocycles. The number of hydrogen-bond donors (Lipinski definition) is 2. The Labute approximate surface area is 163 Å². The molecule has 138 valence electrons. The normalized spacial score (nSPS) is 10.4. The summed E-state index contributed by atoms with van der Waals surface area (Å²) in [6.45, 7) is 2.37. The highest BCUT2D eigenvalue weighted by Crippen LogP contribution is 2.30.